The van der Waals surface area contributed by atoms with E-state index in [0.29, 0.717) is 11.5 Å². The molecule has 1 heterocycles. The van der Waals surface area contributed by atoms with Crippen LogP contribution in [-0.2, 0) is 4.74 Å². The summed E-state index contributed by atoms with van der Waals surface area (Å²) in [6, 6.07) is 0.469. The van der Waals surface area contributed by atoms with Gasteiger partial charge in [0.05, 0.1) is 0 Å². The molecule has 0 amide bonds. The lowest BCUT2D eigenvalue weighted by atomic mass is 9.68. The lowest BCUT2D eigenvalue weighted by Gasteiger charge is -2.42. The van der Waals surface area contributed by atoms with Crippen LogP contribution in [0.1, 0.15) is 38.5 Å². The van der Waals surface area contributed by atoms with E-state index in [-0.39, 0.29) is 0 Å². The molecule has 2 rings (SSSR count). The fourth-order valence-corrected chi connectivity index (χ4v) is 2.76. The van der Waals surface area contributed by atoms with E-state index in [1.807, 2.05) is 0 Å². The first-order valence-electron chi connectivity index (χ1n) is 5.14. The zero-order valence-corrected chi connectivity index (χ0v) is 7.72. The Kier molecular flexibility index (Phi) is 2.37. The number of nitrogens with two attached hydrogens (primary N) is 1. The Morgan fingerprint density at radius 3 is 2.58 bits per heavy atom. The van der Waals surface area contributed by atoms with Crippen LogP contribution in [0.15, 0.2) is 0 Å². The molecule has 0 aromatic carbocycles. The Bertz CT molecular complexity index is 146. The Morgan fingerprint density at radius 1 is 1.17 bits per heavy atom. The van der Waals surface area contributed by atoms with Gasteiger partial charge in [0.25, 0.3) is 0 Å². The van der Waals surface area contributed by atoms with Crippen molar-refractivity contribution in [3.8, 4) is 0 Å². The van der Waals surface area contributed by atoms with Crippen LogP contribution in [0.5, 0.6) is 0 Å². The van der Waals surface area contributed by atoms with Crippen molar-refractivity contribution in [3.63, 3.8) is 0 Å². The molecule has 2 aliphatic rings. The highest BCUT2D eigenvalue weighted by atomic mass is 16.5. The van der Waals surface area contributed by atoms with Crippen LogP contribution in [0.3, 0.4) is 0 Å². The highest BCUT2D eigenvalue weighted by Crippen LogP contribution is 2.43. The maximum absolute atomic E-state index is 6.00. The van der Waals surface area contributed by atoms with Crippen molar-refractivity contribution in [2.75, 3.05) is 13.2 Å². The summed E-state index contributed by atoms with van der Waals surface area (Å²) in [6.07, 6.45) is 7.71. The summed E-state index contributed by atoms with van der Waals surface area (Å²) in [5.41, 5.74) is 6.58. The van der Waals surface area contributed by atoms with Gasteiger partial charge in [0.15, 0.2) is 0 Å². The number of hydrogen-bond acceptors (Lipinski definition) is 2. The van der Waals surface area contributed by atoms with Gasteiger partial charge in [-0.05, 0) is 37.5 Å². The van der Waals surface area contributed by atoms with Gasteiger partial charge in [-0.3, -0.25) is 0 Å². The van der Waals surface area contributed by atoms with E-state index in [1.54, 1.807) is 0 Å². The lowest BCUT2D eigenvalue weighted by Crippen LogP contribution is -2.39. The number of hydrogen-bond donors (Lipinski definition) is 1. The topological polar surface area (TPSA) is 35.2 Å². The zero-order valence-electron chi connectivity index (χ0n) is 7.72. The Balaban J connectivity index is 1.97. The van der Waals surface area contributed by atoms with Crippen LogP contribution in [0.25, 0.3) is 0 Å². The van der Waals surface area contributed by atoms with E-state index in [0.717, 1.165) is 13.2 Å². The van der Waals surface area contributed by atoms with Crippen LogP contribution < -0.4 is 5.73 Å². The first-order valence-corrected chi connectivity index (χ1v) is 5.14. The smallest absolute Gasteiger partial charge is 0.0471 e. The second-order valence-electron chi connectivity index (χ2n) is 4.47. The molecule has 1 atom stereocenters. The van der Waals surface area contributed by atoms with E-state index in [2.05, 4.69) is 0 Å². The fraction of sp³-hybridized carbons (Fsp3) is 1.00. The van der Waals surface area contributed by atoms with Crippen molar-refractivity contribution in [1.29, 1.82) is 0 Å². The van der Waals surface area contributed by atoms with Gasteiger partial charge in [-0.2, -0.15) is 0 Å². The molecule has 2 nitrogen and oxygen atoms in total. The molecule has 12 heavy (non-hydrogen) atoms. The predicted octanol–water partition coefficient (Wildman–Crippen LogP) is 1.68. The van der Waals surface area contributed by atoms with Gasteiger partial charge < -0.3 is 10.5 Å². The van der Waals surface area contributed by atoms with Gasteiger partial charge in [0, 0.05) is 19.3 Å². The quantitative estimate of drug-likeness (QED) is 0.599. The van der Waals surface area contributed by atoms with Crippen LogP contribution in [0.4, 0.5) is 0 Å². The minimum atomic E-state index is 0.469. The van der Waals surface area contributed by atoms with Crippen LogP contribution in [-0.4, -0.2) is 19.3 Å². The fourth-order valence-electron chi connectivity index (χ4n) is 2.76. The number of rotatable bonds is 0. The molecule has 1 unspecified atom stereocenters. The van der Waals surface area contributed by atoms with E-state index < -0.39 is 0 Å². The maximum Gasteiger partial charge on any atom is 0.0471 e. The summed E-state index contributed by atoms with van der Waals surface area (Å²) in [5, 5.41) is 0. The van der Waals surface area contributed by atoms with Crippen molar-refractivity contribution in [2.24, 2.45) is 11.1 Å². The monoisotopic (exact) mass is 169 g/mol. The van der Waals surface area contributed by atoms with E-state index in [4.69, 9.17) is 10.5 Å². The molecule has 1 saturated heterocycles. The summed E-state index contributed by atoms with van der Waals surface area (Å²) in [7, 11) is 0. The zero-order chi connectivity index (χ0) is 8.44. The molecular formula is C10H19NO. The minimum absolute atomic E-state index is 0.469. The van der Waals surface area contributed by atoms with Gasteiger partial charge >= 0.3 is 0 Å². The molecule has 0 radical (unpaired) electrons. The van der Waals surface area contributed by atoms with Gasteiger partial charge in [-0.15, -0.1) is 0 Å². The van der Waals surface area contributed by atoms with Crippen molar-refractivity contribution in [2.45, 2.75) is 44.6 Å². The van der Waals surface area contributed by atoms with Crippen molar-refractivity contribution >= 4 is 0 Å². The molecule has 1 spiro atoms. The molecule has 1 aliphatic carbocycles. The highest BCUT2D eigenvalue weighted by molar-refractivity contribution is 4.89. The van der Waals surface area contributed by atoms with Crippen molar-refractivity contribution in [3.05, 3.63) is 0 Å². The molecule has 1 aliphatic heterocycles. The summed E-state index contributed by atoms with van der Waals surface area (Å²) < 4.78 is 5.39. The van der Waals surface area contributed by atoms with Crippen molar-refractivity contribution < 1.29 is 4.74 Å². The predicted molar refractivity (Wildman–Crippen MR) is 48.9 cm³/mol. The molecule has 2 heteroatoms. The molecule has 2 N–H and O–H groups in total. The molecule has 1 saturated carbocycles. The number of ether oxygens (including phenoxy) is 1. The van der Waals surface area contributed by atoms with E-state index in [1.165, 1.54) is 38.5 Å². The molecule has 70 valence electrons. The molecule has 2 fully saturated rings. The minimum Gasteiger partial charge on any atom is -0.381 e. The summed E-state index contributed by atoms with van der Waals surface area (Å²) >= 11 is 0. The molecule has 0 bridgehead atoms. The van der Waals surface area contributed by atoms with E-state index in [9.17, 15) is 0 Å². The van der Waals surface area contributed by atoms with Crippen LogP contribution in [0.2, 0.25) is 0 Å². The second-order valence-corrected chi connectivity index (χ2v) is 4.47. The molecule has 0 aromatic rings. The molecular weight excluding hydrogens is 150 g/mol. The normalized spacial score (nSPS) is 35.2. The second kappa shape index (κ2) is 3.35. The summed E-state index contributed by atoms with van der Waals surface area (Å²) in [5.74, 6) is 0. The average molecular weight is 169 g/mol. The van der Waals surface area contributed by atoms with Gasteiger partial charge in [0.2, 0.25) is 0 Å². The Hall–Kier alpha value is -0.0800. The largest absolute Gasteiger partial charge is 0.381 e. The lowest BCUT2D eigenvalue weighted by molar-refractivity contribution is -0.00853. The Morgan fingerprint density at radius 2 is 1.92 bits per heavy atom. The van der Waals surface area contributed by atoms with Gasteiger partial charge in [-0.1, -0.05) is 6.42 Å². The Labute approximate surface area is 74.5 Å². The first-order chi connectivity index (χ1) is 5.81. The summed E-state index contributed by atoms with van der Waals surface area (Å²) in [4.78, 5) is 0. The van der Waals surface area contributed by atoms with Gasteiger partial charge in [-0.25, -0.2) is 0 Å². The van der Waals surface area contributed by atoms with Crippen molar-refractivity contribution in [1.82, 2.24) is 0 Å². The molecule has 0 aromatic heterocycles. The first kappa shape index (κ1) is 8.52. The van der Waals surface area contributed by atoms with Crippen LogP contribution in [0, 0.1) is 5.41 Å². The van der Waals surface area contributed by atoms with Gasteiger partial charge in [0.1, 0.15) is 0 Å². The third-order valence-corrected chi connectivity index (χ3v) is 3.53. The SMILES string of the molecule is NC1CCCC2(CCOCC2)C1. The highest BCUT2D eigenvalue weighted by Gasteiger charge is 2.36. The average Bonchev–Trinajstić information content (AvgIpc) is 2.05. The third-order valence-electron chi connectivity index (χ3n) is 3.53. The van der Waals surface area contributed by atoms with Crippen LogP contribution >= 0.6 is 0 Å². The third kappa shape index (κ3) is 1.64. The van der Waals surface area contributed by atoms with E-state index >= 15 is 0 Å². The standard InChI is InChI=1S/C10H19NO/c11-9-2-1-3-10(8-9)4-6-12-7-5-10/h9H,1-8,11H2. The summed E-state index contributed by atoms with van der Waals surface area (Å²) in [6.45, 7) is 1.93. The maximum atomic E-state index is 6.00.